The van der Waals surface area contributed by atoms with Gasteiger partial charge in [-0.2, -0.15) is 0 Å². The van der Waals surface area contributed by atoms with Crippen molar-refractivity contribution >= 4 is 27.8 Å². The average Bonchev–Trinajstić information content (AvgIpc) is 3.90. The number of anilines is 3. The third-order valence-electron chi connectivity index (χ3n) is 17.4. The minimum atomic E-state index is 0.126. The van der Waals surface area contributed by atoms with Gasteiger partial charge < -0.3 is 4.90 Å². The Hall–Kier alpha value is -5.40. The van der Waals surface area contributed by atoms with Crippen molar-refractivity contribution in [1.29, 1.82) is 0 Å². The lowest BCUT2D eigenvalue weighted by atomic mass is 9.27. The highest BCUT2D eigenvalue weighted by Crippen LogP contribution is 2.89. The zero-order valence-corrected chi connectivity index (χ0v) is 34.9. The fraction of sp³-hybridized carbons (Fsp3) is 0.310. The third-order valence-corrected chi connectivity index (χ3v) is 17.4. The highest BCUT2D eigenvalue weighted by atomic mass is 15.1. The van der Waals surface area contributed by atoms with Crippen LogP contribution in [0.15, 0.2) is 152 Å². The molecule has 2 spiro atoms. The Morgan fingerprint density at radius 3 is 1.85 bits per heavy atom. The molecule has 4 fully saturated rings. The topological polar surface area (TPSA) is 3.24 Å². The van der Waals surface area contributed by atoms with Gasteiger partial charge >= 0.3 is 0 Å². The second-order valence-electron chi connectivity index (χ2n) is 20.8. The van der Waals surface area contributed by atoms with E-state index in [2.05, 4.69) is 184 Å². The second kappa shape index (κ2) is 11.7. The van der Waals surface area contributed by atoms with Gasteiger partial charge in [0.05, 0.1) is 0 Å². The molecule has 6 unspecified atom stereocenters. The lowest BCUT2D eigenvalue weighted by Crippen LogP contribution is -2.73. The monoisotopic (exact) mass is 763 g/mol. The molecule has 0 N–H and O–H groups in total. The molecule has 1 nitrogen and oxygen atoms in total. The molecule has 4 saturated carbocycles. The van der Waals surface area contributed by atoms with Crippen LogP contribution in [0.5, 0.6) is 0 Å². The van der Waals surface area contributed by atoms with Crippen LogP contribution in [0.25, 0.3) is 44.2 Å². The van der Waals surface area contributed by atoms with E-state index in [9.17, 15) is 0 Å². The van der Waals surface area contributed by atoms with Gasteiger partial charge in [0.15, 0.2) is 0 Å². The van der Waals surface area contributed by atoms with E-state index in [1.54, 1.807) is 11.1 Å². The molecule has 0 amide bonds. The van der Waals surface area contributed by atoms with Gasteiger partial charge in [0.25, 0.3) is 0 Å². The SMILES string of the molecule is CC1(C)CCC(C)(C)c2cc(N(c3ccc(-c4ccc(-c5cccc6ccccc56)cc4)cc3)c3ccc4c(c3)C3(c5ccccc5-4)C4CC5CC6CC3C64C5)ccc21. The molecule has 0 aliphatic heterocycles. The molecule has 7 aromatic carbocycles. The normalized spacial score (nSPS) is 28.0. The van der Waals surface area contributed by atoms with Gasteiger partial charge in [0.2, 0.25) is 0 Å². The molecule has 6 aliphatic carbocycles. The van der Waals surface area contributed by atoms with Gasteiger partial charge in [0.1, 0.15) is 0 Å². The molecule has 59 heavy (non-hydrogen) atoms. The van der Waals surface area contributed by atoms with Crippen LogP contribution in [0.2, 0.25) is 0 Å². The van der Waals surface area contributed by atoms with Crippen molar-refractivity contribution in [3.63, 3.8) is 0 Å². The fourth-order valence-electron chi connectivity index (χ4n) is 14.7. The van der Waals surface area contributed by atoms with Crippen LogP contribution >= 0.6 is 0 Å². The van der Waals surface area contributed by atoms with Crippen LogP contribution in [0.4, 0.5) is 17.1 Å². The molecule has 7 aromatic rings. The van der Waals surface area contributed by atoms with Crippen LogP contribution in [0.1, 0.15) is 88.5 Å². The van der Waals surface area contributed by atoms with E-state index in [-0.39, 0.29) is 16.2 Å². The Labute approximate surface area is 350 Å². The average molecular weight is 764 g/mol. The summed E-state index contributed by atoms with van der Waals surface area (Å²) in [4.78, 5) is 2.58. The van der Waals surface area contributed by atoms with Crippen molar-refractivity contribution in [2.75, 3.05) is 4.90 Å². The molecule has 0 heterocycles. The van der Waals surface area contributed by atoms with Gasteiger partial charge in [-0.1, -0.05) is 143 Å². The quantitative estimate of drug-likeness (QED) is 0.169. The van der Waals surface area contributed by atoms with Crippen molar-refractivity contribution in [2.45, 2.75) is 82.5 Å². The molecular weight excluding hydrogens is 711 g/mol. The minimum Gasteiger partial charge on any atom is -0.310 e. The van der Waals surface area contributed by atoms with Crippen molar-refractivity contribution in [2.24, 2.45) is 29.1 Å². The van der Waals surface area contributed by atoms with E-state index < -0.39 is 0 Å². The molecule has 13 rings (SSSR count). The molecule has 0 aromatic heterocycles. The van der Waals surface area contributed by atoms with Crippen molar-refractivity contribution in [3.8, 4) is 33.4 Å². The van der Waals surface area contributed by atoms with E-state index in [4.69, 9.17) is 0 Å². The Kier molecular flexibility index (Phi) is 6.81. The summed E-state index contributed by atoms with van der Waals surface area (Å²) in [5, 5.41) is 2.58. The maximum absolute atomic E-state index is 2.66. The van der Waals surface area contributed by atoms with Gasteiger partial charge in [-0.15, -0.1) is 0 Å². The zero-order chi connectivity index (χ0) is 39.5. The minimum absolute atomic E-state index is 0.126. The summed E-state index contributed by atoms with van der Waals surface area (Å²) in [6.45, 7) is 9.80. The number of nitrogens with zero attached hydrogens (tertiary/aromatic N) is 1. The standard InChI is InChI=1S/C58H53N/c1-55(2)28-29-56(3,4)52-34-44(25-27-50(52)55)59(42-22-20-38(21-23-42)37-16-18-40(19-17-37)46-14-9-11-39-10-5-6-12-45(39)46)43-24-26-48-47-13-7-8-15-49(47)58(51(48)33-43)53-31-36-30-41-32-54(58)57(41,53)35-36/h5-27,33-34,36,41,53-54H,28-32,35H2,1-4H3. The molecule has 290 valence electrons. The first-order valence-electron chi connectivity index (χ1n) is 22.6. The summed E-state index contributed by atoms with van der Waals surface area (Å²) in [6.07, 6.45) is 8.28. The fourth-order valence-corrected chi connectivity index (χ4v) is 14.7. The van der Waals surface area contributed by atoms with Crippen molar-refractivity contribution in [1.82, 2.24) is 0 Å². The lowest BCUT2D eigenvalue weighted by Gasteiger charge is -2.76. The predicted octanol–water partition coefficient (Wildman–Crippen LogP) is 15.3. The Morgan fingerprint density at radius 1 is 0.458 bits per heavy atom. The molecular formula is C58H53N. The maximum atomic E-state index is 2.66. The second-order valence-corrected chi connectivity index (χ2v) is 20.8. The predicted molar refractivity (Wildman–Crippen MR) is 246 cm³/mol. The number of benzene rings is 7. The van der Waals surface area contributed by atoms with E-state index in [0.29, 0.717) is 5.41 Å². The number of fused-ring (bicyclic) bond motifs is 10. The highest BCUT2D eigenvalue weighted by Gasteiger charge is 2.84. The Morgan fingerprint density at radius 2 is 1.05 bits per heavy atom. The van der Waals surface area contributed by atoms with E-state index in [0.717, 1.165) is 23.7 Å². The Balaban J connectivity index is 0.930. The largest absolute Gasteiger partial charge is 0.310 e. The molecule has 0 radical (unpaired) electrons. The summed E-state index contributed by atoms with van der Waals surface area (Å²) in [5.74, 6) is 3.51. The highest BCUT2D eigenvalue weighted by molar-refractivity contribution is 5.97. The molecule has 6 atom stereocenters. The number of rotatable bonds is 5. The van der Waals surface area contributed by atoms with Crippen LogP contribution in [-0.4, -0.2) is 0 Å². The summed E-state index contributed by atoms with van der Waals surface area (Å²) < 4.78 is 0. The smallest absolute Gasteiger partial charge is 0.0465 e. The summed E-state index contributed by atoms with van der Waals surface area (Å²) >= 11 is 0. The lowest BCUT2D eigenvalue weighted by molar-refractivity contribution is -0.231. The maximum Gasteiger partial charge on any atom is 0.0465 e. The van der Waals surface area contributed by atoms with Gasteiger partial charge in [-0.25, -0.2) is 0 Å². The van der Waals surface area contributed by atoms with E-state index in [1.165, 1.54) is 111 Å². The molecule has 6 aliphatic rings. The first kappa shape index (κ1) is 34.5. The first-order valence-corrected chi connectivity index (χ1v) is 22.6. The van der Waals surface area contributed by atoms with Crippen molar-refractivity contribution in [3.05, 3.63) is 174 Å². The van der Waals surface area contributed by atoms with Crippen LogP contribution in [-0.2, 0) is 16.2 Å². The summed E-state index contributed by atoms with van der Waals surface area (Å²) in [6, 6.07) is 58.5. The molecule has 1 heteroatoms. The number of hydrogen-bond acceptors (Lipinski definition) is 1. The molecule has 2 bridgehead atoms. The van der Waals surface area contributed by atoms with E-state index >= 15 is 0 Å². The van der Waals surface area contributed by atoms with Crippen molar-refractivity contribution < 1.29 is 0 Å². The van der Waals surface area contributed by atoms with Gasteiger partial charge in [0, 0.05) is 22.5 Å². The summed E-state index contributed by atoms with van der Waals surface area (Å²) in [5.41, 5.74) is 19.1. The third kappa shape index (κ3) is 4.42. The first-order chi connectivity index (χ1) is 28.7. The van der Waals surface area contributed by atoms with Crippen LogP contribution in [0, 0.1) is 29.1 Å². The summed E-state index contributed by atoms with van der Waals surface area (Å²) in [7, 11) is 0. The Bertz CT molecular complexity index is 2870. The van der Waals surface area contributed by atoms with E-state index in [1.807, 2.05) is 0 Å². The molecule has 0 saturated heterocycles. The van der Waals surface area contributed by atoms with Crippen LogP contribution < -0.4 is 4.90 Å². The number of hydrogen-bond donors (Lipinski definition) is 0. The van der Waals surface area contributed by atoms with Crippen LogP contribution in [0.3, 0.4) is 0 Å². The van der Waals surface area contributed by atoms with Gasteiger partial charge in [-0.05, 0) is 181 Å². The zero-order valence-electron chi connectivity index (χ0n) is 34.9. The van der Waals surface area contributed by atoms with Gasteiger partial charge in [-0.3, -0.25) is 0 Å².